The molecule has 0 aromatic rings. The van der Waals surface area contributed by atoms with E-state index in [-0.39, 0.29) is 0 Å². The molecule has 1 saturated heterocycles. The average molecular weight is 393 g/mol. The second kappa shape index (κ2) is 17.7. The highest BCUT2D eigenvalue weighted by Gasteiger charge is 2.11. The zero-order valence-electron chi connectivity index (χ0n) is 18.3. The predicted octanol–water partition coefficient (Wildman–Crippen LogP) is 2.96. The smallest absolute Gasteiger partial charge is 0.0895 e. The van der Waals surface area contributed by atoms with Crippen molar-refractivity contribution < 1.29 is 4.74 Å². The number of nitrogens with zero attached hydrogens (tertiary/aromatic N) is 6. The summed E-state index contributed by atoms with van der Waals surface area (Å²) in [4.78, 5) is 21.0. The number of rotatable bonds is 9. The first-order chi connectivity index (χ1) is 13.7. The van der Waals surface area contributed by atoms with Gasteiger partial charge in [-0.1, -0.05) is 19.3 Å². The van der Waals surface area contributed by atoms with Gasteiger partial charge in [-0.05, 0) is 46.8 Å². The standard InChI is InChI=1S/C13H23N3O.C8H17N3/c1-2-4-13(5-3-1)15-12-14-6-7-16-8-10-17-11-9-16;1-4-9-8-10-6-5-7-11(2)3/h13H,1-11H2;4-7H2,1-3H3. The maximum Gasteiger partial charge on any atom is 0.0895 e. The first kappa shape index (κ1) is 24.7. The van der Waals surface area contributed by atoms with Crippen LogP contribution in [-0.4, -0.2) is 101 Å². The van der Waals surface area contributed by atoms with E-state index in [2.05, 4.69) is 55.9 Å². The summed E-state index contributed by atoms with van der Waals surface area (Å²) in [6, 6.07) is 6.02. The van der Waals surface area contributed by atoms with Gasteiger partial charge in [0.05, 0.1) is 44.4 Å². The van der Waals surface area contributed by atoms with E-state index in [0.29, 0.717) is 6.04 Å². The van der Waals surface area contributed by atoms with Crippen LogP contribution in [0.5, 0.6) is 0 Å². The van der Waals surface area contributed by atoms with E-state index >= 15 is 0 Å². The minimum absolute atomic E-state index is 0.496. The van der Waals surface area contributed by atoms with E-state index in [1.54, 1.807) is 0 Å². The Morgan fingerprint density at radius 3 is 2.36 bits per heavy atom. The Hall–Kier alpha value is -1.36. The third-order valence-electron chi connectivity index (χ3n) is 4.69. The Kier molecular flexibility index (Phi) is 15.6. The van der Waals surface area contributed by atoms with Gasteiger partial charge in [0.1, 0.15) is 0 Å². The van der Waals surface area contributed by atoms with Crippen LogP contribution in [0.3, 0.4) is 0 Å². The van der Waals surface area contributed by atoms with Crippen LogP contribution < -0.4 is 0 Å². The third kappa shape index (κ3) is 14.7. The lowest BCUT2D eigenvalue weighted by atomic mass is 9.96. The van der Waals surface area contributed by atoms with Crippen LogP contribution in [0.4, 0.5) is 0 Å². The van der Waals surface area contributed by atoms with Gasteiger partial charge in [-0.15, -0.1) is 0 Å². The third-order valence-corrected chi connectivity index (χ3v) is 4.69. The Bertz CT molecular complexity index is 483. The highest BCUT2D eigenvalue weighted by atomic mass is 16.5. The lowest BCUT2D eigenvalue weighted by Crippen LogP contribution is -2.37. The van der Waals surface area contributed by atoms with E-state index in [4.69, 9.17) is 4.74 Å². The van der Waals surface area contributed by atoms with Crippen LogP contribution in [0.2, 0.25) is 0 Å². The number of morpholine rings is 1. The molecule has 160 valence electrons. The van der Waals surface area contributed by atoms with Gasteiger partial charge in [0, 0.05) is 26.2 Å². The Labute approximate surface area is 171 Å². The molecule has 1 aliphatic carbocycles. The largest absolute Gasteiger partial charge is 0.379 e. The van der Waals surface area contributed by atoms with Gasteiger partial charge in [-0.3, -0.25) is 4.90 Å². The summed E-state index contributed by atoms with van der Waals surface area (Å²) in [5.41, 5.74) is 0. The zero-order valence-corrected chi connectivity index (χ0v) is 18.3. The molecule has 28 heavy (non-hydrogen) atoms. The molecule has 2 rings (SSSR count). The second-order valence-electron chi connectivity index (χ2n) is 7.47. The van der Waals surface area contributed by atoms with Gasteiger partial charge in [0.2, 0.25) is 0 Å². The maximum atomic E-state index is 5.30. The van der Waals surface area contributed by atoms with Crippen molar-refractivity contribution in [3.63, 3.8) is 0 Å². The number of hydrogen-bond donors (Lipinski definition) is 0. The van der Waals surface area contributed by atoms with Crippen LogP contribution in [0.25, 0.3) is 0 Å². The number of ether oxygens (including phenoxy) is 1. The van der Waals surface area contributed by atoms with Gasteiger partial charge < -0.3 is 9.64 Å². The molecule has 1 saturated carbocycles. The van der Waals surface area contributed by atoms with E-state index in [1.807, 2.05) is 6.92 Å². The molecule has 1 aliphatic heterocycles. The summed E-state index contributed by atoms with van der Waals surface area (Å²) in [6.45, 7) is 10.3. The average Bonchev–Trinajstić information content (AvgIpc) is 2.72. The van der Waals surface area contributed by atoms with Crippen LogP contribution >= 0.6 is 0 Å². The topological polar surface area (TPSA) is 65.1 Å². The summed E-state index contributed by atoms with van der Waals surface area (Å²) in [6.07, 6.45) is 7.56. The molecule has 1 heterocycles. The SMILES string of the molecule is C(=NCCN1CCOCC1)=NC1CCCCC1.CCN=C=NCCCN(C)C. The predicted molar refractivity (Wildman–Crippen MR) is 117 cm³/mol. The summed E-state index contributed by atoms with van der Waals surface area (Å²) >= 11 is 0. The number of aliphatic imine (C=N–C) groups is 4. The first-order valence-corrected chi connectivity index (χ1v) is 10.9. The zero-order chi connectivity index (χ0) is 20.3. The fourth-order valence-electron chi connectivity index (χ4n) is 3.04. The second-order valence-corrected chi connectivity index (χ2v) is 7.47. The summed E-state index contributed by atoms with van der Waals surface area (Å²) in [5.74, 6) is 0. The normalized spacial score (nSPS) is 17.7. The molecule has 2 aliphatic rings. The summed E-state index contributed by atoms with van der Waals surface area (Å²) in [5, 5.41) is 0. The quantitative estimate of drug-likeness (QED) is 0.448. The molecule has 7 heteroatoms. The summed E-state index contributed by atoms with van der Waals surface area (Å²) < 4.78 is 5.30. The lowest BCUT2D eigenvalue weighted by molar-refractivity contribution is 0.0395. The molecule has 0 radical (unpaired) electrons. The van der Waals surface area contributed by atoms with Gasteiger partial charge in [-0.25, -0.2) is 20.0 Å². The van der Waals surface area contributed by atoms with Crippen LogP contribution in [0.15, 0.2) is 20.0 Å². The van der Waals surface area contributed by atoms with Gasteiger partial charge in [0.15, 0.2) is 0 Å². The van der Waals surface area contributed by atoms with E-state index in [9.17, 15) is 0 Å². The molecule has 2 fully saturated rings. The van der Waals surface area contributed by atoms with Crippen molar-refractivity contribution in [1.29, 1.82) is 0 Å². The molecule has 0 atom stereocenters. The van der Waals surface area contributed by atoms with E-state index in [0.717, 1.165) is 65.4 Å². The van der Waals surface area contributed by atoms with Gasteiger partial charge in [0.25, 0.3) is 0 Å². The highest BCUT2D eigenvalue weighted by Crippen LogP contribution is 2.19. The first-order valence-electron chi connectivity index (χ1n) is 10.9. The molecule has 0 spiro atoms. The Balaban J connectivity index is 0.000000311. The molecule has 0 amide bonds. The molecular formula is C21H40N6O. The van der Waals surface area contributed by atoms with Crippen molar-refractivity contribution >= 4 is 12.0 Å². The number of hydrogen-bond acceptors (Lipinski definition) is 7. The minimum Gasteiger partial charge on any atom is -0.379 e. The van der Waals surface area contributed by atoms with E-state index < -0.39 is 0 Å². The van der Waals surface area contributed by atoms with Crippen molar-refractivity contribution in [2.45, 2.75) is 51.5 Å². The van der Waals surface area contributed by atoms with Crippen molar-refractivity contribution in [2.75, 3.05) is 73.1 Å². The van der Waals surface area contributed by atoms with Crippen LogP contribution in [-0.2, 0) is 4.74 Å². The molecule has 0 bridgehead atoms. The fourth-order valence-corrected chi connectivity index (χ4v) is 3.04. The monoisotopic (exact) mass is 392 g/mol. The lowest BCUT2D eigenvalue weighted by Gasteiger charge is -2.25. The van der Waals surface area contributed by atoms with E-state index in [1.165, 1.54) is 32.1 Å². The Morgan fingerprint density at radius 1 is 0.964 bits per heavy atom. The van der Waals surface area contributed by atoms with Crippen LogP contribution in [0.1, 0.15) is 45.4 Å². The summed E-state index contributed by atoms with van der Waals surface area (Å²) in [7, 11) is 4.12. The molecular weight excluding hydrogens is 352 g/mol. The van der Waals surface area contributed by atoms with Gasteiger partial charge >= 0.3 is 0 Å². The molecule has 0 N–H and O–H groups in total. The van der Waals surface area contributed by atoms with Gasteiger partial charge in [-0.2, -0.15) is 0 Å². The molecule has 7 nitrogen and oxygen atoms in total. The van der Waals surface area contributed by atoms with Crippen molar-refractivity contribution in [3.8, 4) is 0 Å². The Morgan fingerprint density at radius 2 is 1.68 bits per heavy atom. The fraction of sp³-hybridized carbons (Fsp3) is 0.905. The molecule has 0 aromatic carbocycles. The molecule has 0 aromatic heterocycles. The maximum absolute atomic E-state index is 5.30. The van der Waals surface area contributed by atoms with Crippen molar-refractivity contribution in [2.24, 2.45) is 20.0 Å². The highest BCUT2D eigenvalue weighted by molar-refractivity contribution is 5.41. The van der Waals surface area contributed by atoms with Crippen molar-refractivity contribution in [1.82, 2.24) is 9.80 Å². The molecule has 0 unspecified atom stereocenters. The van der Waals surface area contributed by atoms with Crippen LogP contribution in [0, 0.1) is 0 Å². The minimum atomic E-state index is 0.496. The van der Waals surface area contributed by atoms with Crippen molar-refractivity contribution in [3.05, 3.63) is 0 Å².